The Morgan fingerprint density at radius 3 is 2.31 bits per heavy atom. The number of nitrogens with zero attached hydrogens (tertiary/aromatic N) is 1. The molecule has 1 saturated heterocycles. The fourth-order valence-corrected chi connectivity index (χ4v) is 3.90. The number of carbonyl (C=O) groups excluding carboxylic acids is 2. The molecule has 2 aliphatic rings. The number of rotatable bonds is 5. The minimum atomic E-state index is -0.172. The lowest BCUT2D eigenvalue weighted by Crippen LogP contribution is -2.37. The first-order valence-corrected chi connectivity index (χ1v) is 10.0. The molecule has 1 aromatic carbocycles. The van der Waals surface area contributed by atoms with Crippen LogP contribution in [0.4, 0.5) is 11.4 Å². The standard InChI is InChI=1S/C21H31N3O2/c1-16-11-13-24(14-12-16)19-9-7-18(8-10-19)23-20(25)15-22-21(26)17-5-3-2-4-6-17/h7-10,16-17H,2-6,11-15H2,1H3,(H,22,26)(H,23,25). The van der Waals surface area contributed by atoms with Crippen molar-refractivity contribution in [3.05, 3.63) is 24.3 Å². The van der Waals surface area contributed by atoms with E-state index in [1.54, 1.807) is 0 Å². The highest BCUT2D eigenvalue weighted by atomic mass is 16.2. The van der Waals surface area contributed by atoms with Crippen LogP contribution in [0.5, 0.6) is 0 Å². The fraction of sp³-hybridized carbons (Fsp3) is 0.619. The number of piperidine rings is 1. The highest BCUT2D eigenvalue weighted by Gasteiger charge is 2.21. The molecule has 2 fully saturated rings. The van der Waals surface area contributed by atoms with Crippen molar-refractivity contribution in [3.8, 4) is 0 Å². The number of carbonyl (C=O) groups is 2. The first kappa shape index (κ1) is 18.7. The number of nitrogens with one attached hydrogen (secondary N) is 2. The molecule has 26 heavy (non-hydrogen) atoms. The Kier molecular flexibility index (Phi) is 6.53. The number of anilines is 2. The summed E-state index contributed by atoms with van der Waals surface area (Å²) in [6.45, 7) is 4.55. The molecule has 0 bridgehead atoms. The van der Waals surface area contributed by atoms with Gasteiger partial charge in [-0.15, -0.1) is 0 Å². The van der Waals surface area contributed by atoms with Gasteiger partial charge in [0, 0.05) is 30.4 Å². The minimum absolute atomic E-state index is 0.0227. The van der Waals surface area contributed by atoms with E-state index < -0.39 is 0 Å². The van der Waals surface area contributed by atoms with Gasteiger partial charge in [0.15, 0.2) is 0 Å². The molecule has 3 rings (SSSR count). The highest BCUT2D eigenvalue weighted by molar-refractivity contribution is 5.94. The van der Waals surface area contributed by atoms with Gasteiger partial charge in [-0.25, -0.2) is 0 Å². The van der Waals surface area contributed by atoms with Gasteiger partial charge in [-0.05, 0) is 55.9 Å². The summed E-state index contributed by atoms with van der Waals surface area (Å²) in [7, 11) is 0. The lowest BCUT2D eigenvalue weighted by Gasteiger charge is -2.32. The van der Waals surface area contributed by atoms with Crippen molar-refractivity contribution in [2.75, 3.05) is 29.9 Å². The largest absolute Gasteiger partial charge is 0.372 e. The summed E-state index contributed by atoms with van der Waals surface area (Å²) < 4.78 is 0. The molecule has 0 radical (unpaired) electrons. The Morgan fingerprint density at radius 2 is 1.65 bits per heavy atom. The van der Waals surface area contributed by atoms with Gasteiger partial charge in [-0.1, -0.05) is 26.2 Å². The monoisotopic (exact) mass is 357 g/mol. The second kappa shape index (κ2) is 9.06. The Hall–Kier alpha value is -2.04. The quantitative estimate of drug-likeness (QED) is 0.847. The van der Waals surface area contributed by atoms with E-state index in [1.807, 2.05) is 12.1 Å². The predicted molar refractivity (Wildman–Crippen MR) is 105 cm³/mol. The molecule has 5 nitrogen and oxygen atoms in total. The van der Waals surface area contributed by atoms with Crippen molar-refractivity contribution in [3.63, 3.8) is 0 Å². The van der Waals surface area contributed by atoms with Crippen molar-refractivity contribution in [1.82, 2.24) is 5.32 Å². The molecule has 1 saturated carbocycles. The number of hydrogen-bond acceptors (Lipinski definition) is 3. The van der Waals surface area contributed by atoms with Crippen molar-refractivity contribution >= 4 is 23.2 Å². The molecule has 0 unspecified atom stereocenters. The van der Waals surface area contributed by atoms with E-state index in [0.29, 0.717) is 0 Å². The average molecular weight is 357 g/mol. The maximum Gasteiger partial charge on any atom is 0.243 e. The summed E-state index contributed by atoms with van der Waals surface area (Å²) in [6, 6.07) is 8.00. The summed E-state index contributed by atoms with van der Waals surface area (Å²) in [6.07, 6.45) is 7.82. The number of amides is 2. The van der Waals surface area contributed by atoms with Crippen molar-refractivity contribution in [2.24, 2.45) is 11.8 Å². The second-order valence-corrected chi connectivity index (χ2v) is 7.82. The summed E-state index contributed by atoms with van der Waals surface area (Å²) in [5, 5.41) is 5.65. The van der Waals surface area contributed by atoms with Gasteiger partial charge >= 0.3 is 0 Å². The van der Waals surface area contributed by atoms with E-state index in [1.165, 1.54) is 24.9 Å². The van der Waals surface area contributed by atoms with Crippen molar-refractivity contribution < 1.29 is 9.59 Å². The van der Waals surface area contributed by atoms with Crippen LogP contribution in [0.25, 0.3) is 0 Å². The van der Waals surface area contributed by atoms with E-state index >= 15 is 0 Å². The molecule has 142 valence electrons. The molecule has 0 aromatic heterocycles. The molecule has 1 heterocycles. The summed E-state index contributed by atoms with van der Waals surface area (Å²) in [5.41, 5.74) is 1.98. The van der Waals surface area contributed by atoms with Gasteiger partial charge in [0.2, 0.25) is 11.8 Å². The van der Waals surface area contributed by atoms with E-state index in [9.17, 15) is 9.59 Å². The first-order chi connectivity index (χ1) is 12.6. The Balaban J connectivity index is 1.43. The maximum absolute atomic E-state index is 12.1. The van der Waals surface area contributed by atoms with Crippen LogP contribution < -0.4 is 15.5 Å². The summed E-state index contributed by atoms with van der Waals surface area (Å²) in [4.78, 5) is 26.6. The smallest absolute Gasteiger partial charge is 0.243 e. The van der Waals surface area contributed by atoms with Gasteiger partial charge in [-0.3, -0.25) is 9.59 Å². The molecule has 5 heteroatoms. The molecule has 2 amide bonds. The zero-order valence-electron chi connectivity index (χ0n) is 15.8. The van der Waals surface area contributed by atoms with Crippen LogP contribution in [-0.4, -0.2) is 31.4 Å². The third kappa shape index (κ3) is 5.23. The fourth-order valence-electron chi connectivity index (χ4n) is 3.90. The molecular weight excluding hydrogens is 326 g/mol. The van der Waals surface area contributed by atoms with Gasteiger partial charge in [0.25, 0.3) is 0 Å². The zero-order chi connectivity index (χ0) is 18.4. The maximum atomic E-state index is 12.1. The lowest BCUT2D eigenvalue weighted by atomic mass is 9.89. The van der Waals surface area contributed by atoms with Gasteiger partial charge in [0.05, 0.1) is 6.54 Å². The molecular formula is C21H31N3O2. The van der Waals surface area contributed by atoms with E-state index in [2.05, 4.69) is 34.6 Å². The first-order valence-electron chi connectivity index (χ1n) is 10.0. The zero-order valence-corrected chi connectivity index (χ0v) is 15.8. The normalized spacial score (nSPS) is 19.2. The van der Waals surface area contributed by atoms with Crippen LogP contribution in [0.15, 0.2) is 24.3 Å². The van der Waals surface area contributed by atoms with Gasteiger partial charge in [-0.2, -0.15) is 0 Å². The number of hydrogen-bond donors (Lipinski definition) is 2. The van der Waals surface area contributed by atoms with Gasteiger partial charge < -0.3 is 15.5 Å². The Morgan fingerprint density at radius 1 is 1.00 bits per heavy atom. The third-order valence-electron chi connectivity index (χ3n) is 5.70. The molecule has 1 aromatic rings. The molecule has 1 aliphatic carbocycles. The minimum Gasteiger partial charge on any atom is -0.372 e. The van der Waals surface area contributed by atoms with Crippen LogP contribution in [0, 0.1) is 11.8 Å². The summed E-state index contributed by atoms with van der Waals surface area (Å²) in [5.74, 6) is 0.750. The van der Waals surface area contributed by atoms with Gasteiger partial charge in [0.1, 0.15) is 0 Å². The van der Waals surface area contributed by atoms with Crippen LogP contribution in [0.1, 0.15) is 51.9 Å². The van der Waals surface area contributed by atoms with E-state index in [0.717, 1.165) is 50.4 Å². The van der Waals surface area contributed by atoms with Crippen LogP contribution >= 0.6 is 0 Å². The molecule has 0 spiro atoms. The Labute approximate surface area is 156 Å². The summed E-state index contributed by atoms with van der Waals surface area (Å²) >= 11 is 0. The topological polar surface area (TPSA) is 61.4 Å². The van der Waals surface area contributed by atoms with Crippen molar-refractivity contribution in [2.45, 2.75) is 51.9 Å². The average Bonchev–Trinajstić information content (AvgIpc) is 2.68. The SMILES string of the molecule is CC1CCN(c2ccc(NC(=O)CNC(=O)C3CCCCC3)cc2)CC1. The second-order valence-electron chi connectivity index (χ2n) is 7.82. The highest BCUT2D eigenvalue weighted by Crippen LogP contribution is 2.25. The van der Waals surface area contributed by atoms with Crippen LogP contribution in [0.2, 0.25) is 0 Å². The van der Waals surface area contributed by atoms with E-state index in [-0.39, 0.29) is 24.3 Å². The third-order valence-corrected chi connectivity index (χ3v) is 5.70. The number of benzene rings is 1. The van der Waals surface area contributed by atoms with Crippen LogP contribution in [0.3, 0.4) is 0 Å². The molecule has 1 aliphatic heterocycles. The Bertz CT molecular complexity index is 600. The molecule has 0 atom stereocenters. The molecule has 2 N–H and O–H groups in total. The van der Waals surface area contributed by atoms with Crippen LogP contribution in [-0.2, 0) is 9.59 Å². The van der Waals surface area contributed by atoms with Crippen molar-refractivity contribution in [1.29, 1.82) is 0 Å². The lowest BCUT2D eigenvalue weighted by molar-refractivity contribution is -0.128. The van der Waals surface area contributed by atoms with E-state index in [4.69, 9.17) is 0 Å². The predicted octanol–water partition coefficient (Wildman–Crippen LogP) is 3.56.